The van der Waals surface area contributed by atoms with Crippen molar-refractivity contribution < 1.29 is 53.1 Å². The van der Waals surface area contributed by atoms with Gasteiger partial charge in [-0.2, -0.15) is 0 Å². The lowest BCUT2D eigenvalue weighted by atomic mass is 9.98. The van der Waals surface area contributed by atoms with Crippen LogP contribution in [0.1, 0.15) is 208 Å². The molecule has 1 aliphatic carbocycles. The highest BCUT2D eigenvalue weighted by Gasteiger charge is 2.07. The summed E-state index contributed by atoms with van der Waals surface area (Å²) in [5.41, 5.74) is 3.74. The average Bonchev–Trinajstić information content (AvgIpc) is 3.01. The minimum Gasteiger partial charge on any atom is -0.412 e. The third-order valence-corrected chi connectivity index (χ3v) is 7.49. The van der Waals surface area contributed by atoms with Crippen LogP contribution >= 0.6 is 0 Å². The highest BCUT2D eigenvalue weighted by molar-refractivity contribution is 4.61. The SMILES string of the molecule is C.CCCCC.CCCCCCCCCCCCCCCCCCCCO.CNO.N.O.O.O.O.O.OC1CCCCC1.OCCCCNO. The molecule has 20 N–H and O–H groups in total. The third kappa shape index (κ3) is 104. The van der Waals surface area contributed by atoms with Gasteiger partial charge in [-0.3, -0.25) is 0 Å². The Kier molecular flexibility index (Phi) is 136. The van der Waals surface area contributed by atoms with Crippen LogP contribution in [-0.2, 0) is 0 Å². The van der Waals surface area contributed by atoms with Crippen LogP contribution in [0.2, 0.25) is 0 Å². The van der Waals surface area contributed by atoms with Gasteiger partial charge in [0, 0.05) is 26.8 Å². The first-order valence-corrected chi connectivity index (χ1v) is 18.6. The first-order chi connectivity index (χ1) is 21.1. The number of hydroxylamine groups is 2. The lowest BCUT2D eigenvalue weighted by Gasteiger charge is -2.14. The molecule has 0 bridgehead atoms. The predicted molar refractivity (Wildman–Crippen MR) is 217 cm³/mol. The monoisotopic (exact) mass is 746 g/mol. The maximum Gasteiger partial charge on any atom is 0.0540 e. The van der Waals surface area contributed by atoms with Gasteiger partial charge in [-0.15, -0.1) is 0 Å². The second kappa shape index (κ2) is 86.8. The molecule has 1 aliphatic rings. The topological polar surface area (TPSA) is 318 Å². The fraction of sp³-hybridized carbons (Fsp3) is 1.00. The Morgan fingerprint density at radius 1 is 0.460 bits per heavy atom. The Morgan fingerprint density at radius 2 is 0.720 bits per heavy atom. The molecular formula is C37H99N3O10. The normalized spacial score (nSPS) is 10.7. The maximum atomic E-state index is 8.91. The molecule has 13 heteroatoms. The lowest BCUT2D eigenvalue weighted by Crippen LogP contribution is -2.09. The first kappa shape index (κ1) is 78.5. The fourth-order valence-electron chi connectivity index (χ4n) is 4.76. The molecule has 13 nitrogen and oxygen atoms in total. The number of hydrogen-bond acceptors (Lipinski definition) is 8. The van der Waals surface area contributed by atoms with Crippen molar-refractivity contribution in [3.63, 3.8) is 0 Å². The van der Waals surface area contributed by atoms with E-state index in [2.05, 4.69) is 20.8 Å². The molecule has 0 amide bonds. The number of aliphatic hydroxyl groups excluding tert-OH is 3. The molecule has 0 saturated heterocycles. The predicted octanol–water partition coefficient (Wildman–Crippen LogP) is 6.54. The summed E-state index contributed by atoms with van der Waals surface area (Å²) in [5, 5.41) is 41.1. The van der Waals surface area contributed by atoms with Crippen molar-refractivity contribution in [3.8, 4) is 0 Å². The van der Waals surface area contributed by atoms with E-state index < -0.39 is 0 Å². The Hall–Kier alpha value is -0.520. The molecule has 0 aromatic heterocycles. The Balaban J connectivity index is -0.0000000487. The largest absolute Gasteiger partial charge is 0.412 e. The third-order valence-electron chi connectivity index (χ3n) is 7.49. The first-order valence-electron chi connectivity index (χ1n) is 18.6. The lowest BCUT2D eigenvalue weighted by molar-refractivity contribution is 0.130. The van der Waals surface area contributed by atoms with Crippen molar-refractivity contribution >= 4 is 0 Å². The minimum absolute atomic E-state index is 0. The van der Waals surface area contributed by atoms with Gasteiger partial charge in [-0.25, -0.2) is 11.0 Å². The summed E-state index contributed by atoms with van der Waals surface area (Å²) in [5.74, 6) is 0. The molecule has 0 spiro atoms. The zero-order valence-corrected chi connectivity index (χ0v) is 32.9. The van der Waals surface area contributed by atoms with Crippen molar-refractivity contribution in [1.82, 2.24) is 17.1 Å². The number of hydrogen-bond donors (Lipinski definition) is 8. The molecule has 0 heterocycles. The van der Waals surface area contributed by atoms with Gasteiger partial charge in [0.05, 0.1) is 6.10 Å². The van der Waals surface area contributed by atoms with Gasteiger partial charge in [0.15, 0.2) is 0 Å². The molecule has 1 saturated carbocycles. The van der Waals surface area contributed by atoms with Crippen LogP contribution in [-0.4, -0.2) is 86.0 Å². The van der Waals surface area contributed by atoms with E-state index in [0.29, 0.717) is 13.2 Å². The van der Waals surface area contributed by atoms with Crippen molar-refractivity contribution in [2.45, 2.75) is 214 Å². The van der Waals surface area contributed by atoms with E-state index in [1.165, 1.54) is 155 Å². The highest BCUT2D eigenvalue weighted by atomic mass is 16.5. The van der Waals surface area contributed by atoms with Crippen molar-refractivity contribution in [3.05, 3.63) is 0 Å². The Bertz CT molecular complexity index is 394. The number of rotatable bonds is 24. The molecular weight excluding hydrogens is 646 g/mol. The van der Waals surface area contributed by atoms with E-state index in [0.717, 1.165) is 32.1 Å². The standard InChI is InChI=1S/C20H42O.C6H12O.C5H12.C4H11NO2.CH5NO.CH4.H3N.5H2O/c1-2-3-4-5-6-7-8-9-10-11-12-13-14-15-16-17-18-19-20-21;7-6-4-2-1-3-5-6;1-3-5-4-2;6-4-2-1-3-5-7;1-2-3;;;;;;;/h21H,2-20H2,1H3;6-7H,1-5H2;3-5H2,1-2H3;5-7H,1-4H2;2-3H,1H3;1H4;1H3;5*1H2. The molecule has 1 fully saturated rings. The molecule has 322 valence electrons. The summed E-state index contributed by atoms with van der Waals surface area (Å²) in [6.45, 7) is 7.87. The molecule has 0 aromatic rings. The van der Waals surface area contributed by atoms with Crippen LogP contribution in [0.25, 0.3) is 0 Å². The molecule has 0 unspecified atom stereocenters. The van der Waals surface area contributed by atoms with E-state index in [1.54, 1.807) is 5.48 Å². The molecule has 0 radical (unpaired) electrons. The minimum atomic E-state index is 0. The zero-order valence-electron chi connectivity index (χ0n) is 32.9. The van der Waals surface area contributed by atoms with Crippen LogP contribution < -0.4 is 17.1 Å². The van der Waals surface area contributed by atoms with E-state index in [1.807, 2.05) is 5.48 Å². The van der Waals surface area contributed by atoms with E-state index in [-0.39, 0.29) is 53.7 Å². The van der Waals surface area contributed by atoms with Crippen molar-refractivity contribution in [1.29, 1.82) is 0 Å². The van der Waals surface area contributed by atoms with Crippen LogP contribution in [0.5, 0.6) is 0 Å². The van der Waals surface area contributed by atoms with Crippen LogP contribution in [0.15, 0.2) is 0 Å². The van der Waals surface area contributed by atoms with E-state index in [4.69, 9.17) is 25.7 Å². The maximum absolute atomic E-state index is 8.91. The summed E-state index contributed by atoms with van der Waals surface area (Å²) in [4.78, 5) is 0. The van der Waals surface area contributed by atoms with Gasteiger partial charge in [0.1, 0.15) is 0 Å². The molecule has 0 atom stereocenters. The second-order valence-corrected chi connectivity index (χ2v) is 11.9. The van der Waals surface area contributed by atoms with Gasteiger partial charge in [-0.1, -0.05) is 176 Å². The van der Waals surface area contributed by atoms with E-state index >= 15 is 0 Å². The van der Waals surface area contributed by atoms with Crippen LogP contribution in [0.3, 0.4) is 0 Å². The van der Waals surface area contributed by atoms with Crippen LogP contribution in [0.4, 0.5) is 0 Å². The summed E-state index contributed by atoms with van der Waals surface area (Å²) >= 11 is 0. The second-order valence-electron chi connectivity index (χ2n) is 11.9. The van der Waals surface area contributed by atoms with Gasteiger partial charge in [-0.05, 0) is 32.1 Å². The molecule has 0 aliphatic heterocycles. The smallest absolute Gasteiger partial charge is 0.0540 e. The summed E-state index contributed by atoms with van der Waals surface area (Å²) in [6, 6.07) is 0. The van der Waals surface area contributed by atoms with Crippen molar-refractivity contribution in [2.75, 3.05) is 26.8 Å². The Morgan fingerprint density at radius 3 is 0.920 bits per heavy atom. The highest BCUT2D eigenvalue weighted by Crippen LogP contribution is 2.16. The number of unbranched alkanes of at least 4 members (excludes halogenated alkanes) is 20. The average molecular weight is 746 g/mol. The molecule has 0 aromatic carbocycles. The zero-order chi connectivity index (χ0) is 32.9. The molecule has 1 rings (SSSR count). The summed E-state index contributed by atoms with van der Waals surface area (Å²) < 4.78 is 0. The summed E-state index contributed by atoms with van der Waals surface area (Å²) in [6.07, 6.45) is 36.7. The van der Waals surface area contributed by atoms with Gasteiger partial charge < -0.3 is 59.3 Å². The summed E-state index contributed by atoms with van der Waals surface area (Å²) in [7, 11) is 1.43. The number of aliphatic hydroxyl groups is 3. The number of nitrogens with one attached hydrogen (secondary N) is 2. The van der Waals surface area contributed by atoms with Gasteiger partial charge >= 0.3 is 0 Å². The quantitative estimate of drug-likeness (QED) is 0.0395. The van der Waals surface area contributed by atoms with E-state index in [9.17, 15) is 0 Å². The molecule has 50 heavy (non-hydrogen) atoms. The van der Waals surface area contributed by atoms with Gasteiger partial charge in [0.25, 0.3) is 0 Å². The Labute approximate surface area is 310 Å². The van der Waals surface area contributed by atoms with Crippen LogP contribution in [0, 0.1) is 0 Å². The fourth-order valence-corrected chi connectivity index (χ4v) is 4.76. The van der Waals surface area contributed by atoms with Crippen molar-refractivity contribution in [2.24, 2.45) is 0 Å². The van der Waals surface area contributed by atoms with Gasteiger partial charge in [0.2, 0.25) is 0 Å².